The fourth-order valence-corrected chi connectivity index (χ4v) is 5.07. The van der Waals surface area contributed by atoms with Gasteiger partial charge in [-0.2, -0.15) is 9.36 Å². The molecule has 166 valence electrons. The highest BCUT2D eigenvalue weighted by Gasteiger charge is 2.49. The summed E-state index contributed by atoms with van der Waals surface area (Å²) in [6, 6.07) is 11.7. The normalized spacial score (nSPS) is 17.7. The standard InChI is InChI=1S/C24H24Cl2N4OS/c1-16-13-20(27-15-30-11-3-2-4-12-30)19(26)14-21(16)31-23-28-22(29-32-23)24(9-10-24)17-5-7-18(25)8-6-17/h5-8,13-15H,2-4,9-12H2,1H3/b27-15-. The Labute approximate surface area is 202 Å². The van der Waals surface area contributed by atoms with Crippen molar-refractivity contribution in [3.63, 3.8) is 0 Å². The zero-order valence-corrected chi connectivity index (χ0v) is 20.2. The molecule has 1 saturated carbocycles. The summed E-state index contributed by atoms with van der Waals surface area (Å²) in [4.78, 5) is 11.6. The molecule has 0 N–H and O–H groups in total. The van der Waals surface area contributed by atoms with Crippen LogP contribution in [-0.2, 0) is 5.41 Å². The fourth-order valence-electron chi connectivity index (χ4n) is 4.11. The van der Waals surface area contributed by atoms with Crippen LogP contribution in [0, 0.1) is 6.92 Å². The zero-order chi connectivity index (χ0) is 22.1. The number of piperidine rings is 1. The maximum atomic E-state index is 6.51. The Morgan fingerprint density at radius 1 is 1.09 bits per heavy atom. The minimum Gasteiger partial charge on any atom is -0.430 e. The zero-order valence-electron chi connectivity index (χ0n) is 17.9. The average molecular weight is 487 g/mol. The van der Waals surface area contributed by atoms with Gasteiger partial charge in [-0.25, -0.2) is 4.99 Å². The Kier molecular flexibility index (Phi) is 6.10. The highest BCUT2D eigenvalue weighted by molar-refractivity contribution is 7.07. The van der Waals surface area contributed by atoms with Crippen LogP contribution in [0.1, 0.15) is 49.1 Å². The summed E-state index contributed by atoms with van der Waals surface area (Å²) >= 11 is 13.8. The number of hydrogen-bond acceptors (Lipinski definition) is 5. The fraction of sp³-hybridized carbons (Fsp3) is 0.375. The third-order valence-corrected chi connectivity index (χ3v) is 7.32. The van der Waals surface area contributed by atoms with E-state index in [2.05, 4.69) is 26.4 Å². The topological polar surface area (TPSA) is 50.6 Å². The molecular weight excluding hydrogens is 463 g/mol. The Morgan fingerprint density at radius 3 is 2.56 bits per heavy atom. The Bertz CT molecular complexity index is 1140. The van der Waals surface area contributed by atoms with E-state index in [1.54, 1.807) is 0 Å². The molecule has 0 unspecified atom stereocenters. The van der Waals surface area contributed by atoms with Gasteiger partial charge in [-0.1, -0.05) is 35.3 Å². The molecule has 2 aliphatic rings. The second-order valence-electron chi connectivity index (χ2n) is 8.49. The number of halogens is 2. The summed E-state index contributed by atoms with van der Waals surface area (Å²) in [6.07, 6.45) is 7.69. The van der Waals surface area contributed by atoms with Crippen LogP contribution in [0.15, 0.2) is 41.4 Å². The van der Waals surface area contributed by atoms with Crippen LogP contribution >= 0.6 is 34.7 Å². The minimum atomic E-state index is -0.123. The van der Waals surface area contributed by atoms with E-state index in [1.807, 2.05) is 37.5 Å². The quantitative estimate of drug-likeness (QED) is 0.273. The molecule has 0 spiro atoms. The van der Waals surface area contributed by atoms with Crippen LogP contribution in [-0.4, -0.2) is 33.7 Å². The molecule has 1 saturated heterocycles. The Hall–Kier alpha value is -2.15. The lowest BCUT2D eigenvalue weighted by Gasteiger charge is -2.23. The molecule has 2 heterocycles. The highest BCUT2D eigenvalue weighted by Crippen LogP contribution is 2.53. The van der Waals surface area contributed by atoms with Crippen LogP contribution < -0.4 is 4.74 Å². The second kappa shape index (κ2) is 9.00. The molecule has 3 aromatic rings. The van der Waals surface area contributed by atoms with E-state index in [9.17, 15) is 0 Å². The Morgan fingerprint density at radius 2 is 1.84 bits per heavy atom. The summed E-state index contributed by atoms with van der Waals surface area (Å²) in [5.74, 6) is 1.48. The molecule has 32 heavy (non-hydrogen) atoms. The van der Waals surface area contributed by atoms with Crippen LogP contribution in [0.25, 0.3) is 0 Å². The summed E-state index contributed by atoms with van der Waals surface area (Å²) < 4.78 is 10.7. The van der Waals surface area contributed by atoms with Gasteiger partial charge in [-0.15, -0.1) is 0 Å². The van der Waals surface area contributed by atoms with E-state index in [1.165, 1.54) is 36.4 Å². The number of aliphatic imine (C=N–C) groups is 1. The van der Waals surface area contributed by atoms with Crippen LogP contribution in [0.5, 0.6) is 10.9 Å². The molecule has 0 atom stereocenters. The van der Waals surface area contributed by atoms with Crippen molar-refractivity contribution in [3.05, 3.63) is 63.4 Å². The molecule has 8 heteroatoms. The van der Waals surface area contributed by atoms with Crippen molar-refractivity contribution in [2.24, 2.45) is 4.99 Å². The number of benzene rings is 2. The molecule has 0 radical (unpaired) electrons. The van der Waals surface area contributed by atoms with E-state index in [0.29, 0.717) is 16.0 Å². The first kappa shape index (κ1) is 21.7. The molecule has 2 aromatic carbocycles. The predicted octanol–water partition coefficient (Wildman–Crippen LogP) is 7.17. The van der Waals surface area contributed by atoms with Crippen LogP contribution in [0.2, 0.25) is 10.0 Å². The third-order valence-electron chi connectivity index (χ3n) is 6.17. The van der Waals surface area contributed by atoms with E-state index in [0.717, 1.165) is 48.0 Å². The number of aromatic nitrogens is 2. The van der Waals surface area contributed by atoms with Crippen molar-refractivity contribution in [1.29, 1.82) is 0 Å². The van der Waals surface area contributed by atoms with E-state index >= 15 is 0 Å². The highest BCUT2D eigenvalue weighted by atomic mass is 35.5. The van der Waals surface area contributed by atoms with Gasteiger partial charge in [0, 0.05) is 35.7 Å². The van der Waals surface area contributed by atoms with Gasteiger partial charge in [0.2, 0.25) is 0 Å². The van der Waals surface area contributed by atoms with Gasteiger partial charge >= 0.3 is 0 Å². The lowest BCUT2D eigenvalue weighted by molar-refractivity contribution is 0.351. The number of rotatable bonds is 6. The third kappa shape index (κ3) is 4.49. The van der Waals surface area contributed by atoms with Gasteiger partial charge in [0.25, 0.3) is 5.19 Å². The van der Waals surface area contributed by atoms with Crippen LogP contribution in [0.4, 0.5) is 5.69 Å². The summed E-state index contributed by atoms with van der Waals surface area (Å²) in [5, 5.41) is 1.81. The first-order valence-electron chi connectivity index (χ1n) is 10.9. The van der Waals surface area contributed by atoms with Gasteiger partial charge in [-0.05, 0) is 68.4 Å². The van der Waals surface area contributed by atoms with Crippen molar-refractivity contribution >= 4 is 46.8 Å². The van der Waals surface area contributed by atoms with Crippen molar-refractivity contribution in [2.45, 2.75) is 44.4 Å². The molecule has 1 aliphatic heterocycles. The average Bonchev–Trinajstić information content (AvgIpc) is 3.48. The number of aryl methyl sites for hydroxylation is 1. The van der Waals surface area contributed by atoms with E-state index in [4.69, 9.17) is 32.9 Å². The van der Waals surface area contributed by atoms with E-state index in [-0.39, 0.29) is 5.41 Å². The smallest absolute Gasteiger partial charge is 0.298 e. The first-order chi connectivity index (χ1) is 15.5. The van der Waals surface area contributed by atoms with Gasteiger partial charge in [0.1, 0.15) is 5.75 Å². The molecule has 5 rings (SSSR count). The van der Waals surface area contributed by atoms with Gasteiger partial charge in [0.15, 0.2) is 5.82 Å². The number of ether oxygens (including phenoxy) is 1. The predicted molar refractivity (Wildman–Crippen MR) is 131 cm³/mol. The first-order valence-corrected chi connectivity index (χ1v) is 12.4. The van der Waals surface area contributed by atoms with Crippen molar-refractivity contribution in [3.8, 4) is 10.9 Å². The molecule has 5 nitrogen and oxygen atoms in total. The molecular formula is C24H24Cl2N4OS. The Balaban J connectivity index is 1.32. The second-order valence-corrected chi connectivity index (χ2v) is 10.0. The maximum absolute atomic E-state index is 6.51. The maximum Gasteiger partial charge on any atom is 0.298 e. The van der Waals surface area contributed by atoms with Crippen molar-refractivity contribution in [2.75, 3.05) is 13.1 Å². The van der Waals surface area contributed by atoms with Gasteiger partial charge in [0.05, 0.1) is 22.5 Å². The van der Waals surface area contributed by atoms with Crippen molar-refractivity contribution < 1.29 is 4.74 Å². The number of nitrogens with zero attached hydrogens (tertiary/aromatic N) is 4. The van der Waals surface area contributed by atoms with Crippen LogP contribution in [0.3, 0.4) is 0 Å². The molecule has 0 amide bonds. The molecule has 1 aliphatic carbocycles. The minimum absolute atomic E-state index is 0.123. The van der Waals surface area contributed by atoms with Gasteiger partial charge in [-0.3, -0.25) is 0 Å². The summed E-state index contributed by atoms with van der Waals surface area (Å²) in [5.41, 5.74) is 2.78. The number of hydrogen-bond donors (Lipinski definition) is 0. The SMILES string of the molecule is Cc1cc(/N=C\N2CCCCC2)c(Cl)cc1Oc1nc(C2(c3ccc(Cl)cc3)CC2)ns1. The summed E-state index contributed by atoms with van der Waals surface area (Å²) in [6.45, 7) is 4.10. The number of likely N-dealkylation sites (tertiary alicyclic amines) is 1. The lowest BCUT2D eigenvalue weighted by atomic mass is 9.95. The van der Waals surface area contributed by atoms with Gasteiger partial charge < -0.3 is 9.64 Å². The van der Waals surface area contributed by atoms with E-state index < -0.39 is 0 Å². The monoisotopic (exact) mass is 486 g/mol. The molecule has 1 aromatic heterocycles. The molecule has 0 bridgehead atoms. The van der Waals surface area contributed by atoms with Crippen molar-refractivity contribution in [1.82, 2.24) is 14.3 Å². The molecule has 2 fully saturated rings. The lowest BCUT2D eigenvalue weighted by Crippen LogP contribution is -2.27. The largest absolute Gasteiger partial charge is 0.430 e. The summed E-state index contributed by atoms with van der Waals surface area (Å²) in [7, 11) is 0.